The Hall–Kier alpha value is -4.91. The van der Waals surface area contributed by atoms with Crippen LogP contribution in [0, 0.1) is 5.82 Å². The van der Waals surface area contributed by atoms with Crippen molar-refractivity contribution in [1.82, 2.24) is 20.4 Å². The molecule has 4 rings (SSSR count). The summed E-state index contributed by atoms with van der Waals surface area (Å²) in [5, 5.41) is 26.6. The number of nitrogens with one attached hydrogen (secondary N) is 3. The molecule has 3 aromatic rings. The summed E-state index contributed by atoms with van der Waals surface area (Å²) in [6.45, 7) is 4.68. The van der Waals surface area contributed by atoms with Gasteiger partial charge in [0.1, 0.15) is 18.2 Å². The van der Waals surface area contributed by atoms with Crippen LogP contribution in [0.2, 0.25) is 0 Å². The van der Waals surface area contributed by atoms with E-state index < -0.39 is 30.3 Å². The van der Waals surface area contributed by atoms with Gasteiger partial charge in [0, 0.05) is 37.9 Å². The zero-order valence-corrected chi connectivity index (χ0v) is 23.6. The molecule has 2 aromatic carbocycles. The number of carboxylic acids is 2. The van der Waals surface area contributed by atoms with Gasteiger partial charge in [0.25, 0.3) is 0 Å². The van der Waals surface area contributed by atoms with Crippen LogP contribution in [0.15, 0.2) is 54.9 Å². The molecular formula is C27H28F7N5O7. The Balaban J connectivity index is 0.000000440. The average Bonchev–Trinajstić information content (AvgIpc) is 3.52. The van der Waals surface area contributed by atoms with Crippen LogP contribution in [-0.2, 0) is 20.9 Å². The van der Waals surface area contributed by atoms with Gasteiger partial charge in [-0.2, -0.15) is 31.4 Å². The molecule has 1 fully saturated rings. The molecule has 1 saturated heterocycles. The summed E-state index contributed by atoms with van der Waals surface area (Å²) in [7, 11) is 0. The quantitative estimate of drug-likeness (QED) is 0.217. The number of carboxylic acid groups (broad SMARTS) is 2. The van der Waals surface area contributed by atoms with Crippen molar-refractivity contribution in [2.45, 2.75) is 18.9 Å². The second kappa shape index (κ2) is 17.5. The number of hydrogen-bond donors (Lipinski definition) is 5. The molecular weight excluding hydrogens is 639 g/mol. The lowest BCUT2D eigenvalue weighted by Gasteiger charge is -2.26. The molecule has 19 heteroatoms. The number of urea groups is 1. The Labute approximate surface area is 256 Å². The van der Waals surface area contributed by atoms with Crippen molar-refractivity contribution in [2.75, 3.05) is 44.8 Å². The van der Waals surface area contributed by atoms with Crippen LogP contribution in [0.5, 0.6) is 5.75 Å². The lowest BCUT2D eigenvalue weighted by molar-refractivity contribution is -0.193. The maximum absolute atomic E-state index is 13.3. The number of aliphatic carboxylic acids is 2. The van der Waals surface area contributed by atoms with Crippen molar-refractivity contribution in [3.05, 3.63) is 66.2 Å². The first-order valence-electron chi connectivity index (χ1n) is 13.0. The van der Waals surface area contributed by atoms with E-state index in [2.05, 4.69) is 25.7 Å². The van der Waals surface area contributed by atoms with Crippen molar-refractivity contribution >= 4 is 23.7 Å². The number of rotatable bonds is 8. The number of anilines is 1. The van der Waals surface area contributed by atoms with Crippen molar-refractivity contribution < 1.29 is 64.8 Å². The van der Waals surface area contributed by atoms with Crippen LogP contribution < -0.4 is 15.4 Å². The van der Waals surface area contributed by atoms with Gasteiger partial charge < -0.3 is 30.3 Å². The number of carbonyl (C=O) groups excluding carboxylic acids is 1. The predicted octanol–water partition coefficient (Wildman–Crippen LogP) is 4.52. The second-order valence-electron chi connectivity index (χ2n) is 9.04. The molecule has 46 heavy (non-hydrogen) atoms. The van der Waals surface area contributed by atoms with Gasteiger partial charge in [-0.3, -0.25) is 10.00 Å². The minimum Gasteiger partial charge on any atom is -0.490 e. The first-order valence-corrected chi connectivity index (χ1v) is 13.0. The number of halogens is 7. The van der Waals surface area contributed by atoms with Crippen LogP contribution in [0.1, 0.15) is 5.56 Å². The van der Waals surface area contributed by atoms with E-state index >= 15 is 0 Å². The van der Waals surface area contributed by atoms with Crippen LogP contribution in [-0.4, -0.2) is 95.1 Å². The first-order chi connectivity index (χ1) is 21.6. The number of H-pyrrole nitrogens is 1. The van der Waals surface area contributed by atoms with Gasteiger partial charge in [-0.05, 0) is 35.4 Å². The summed E-state index contributed by atoms with van der Waals surface area (Å²) in [6.07, 6.45) is -6.64. The number of nitrogens with zero attached hydrogens (tertiary/aromatic N) is 2. The highest BCUT2D eigenvalue weighted by Gasteiger charge is 2.38. The third kappa shape index (κ3) is 13.8. The number of benzene rings is 2. The Morgan fingerprint density at radius 3 is 2.13 bits per heavy atom. The summed E-state index contributed by atoms with van der Waals surface area (Å²) < 4.78 is 88.2. The van der Waals surface area contributed by atoms with Crippen molar-refractivity contribution in [2.24, 2.45) is 0 Å². The SMILES string of the molecule is O=C(NCc1cccc(F)c1)Nc1ccc(-c2cn[nH]c2)cc1OCCN1CCOCC1.O=C(O)C(F)(F)F.O=C(O)C(F)(F)F. The minimum atomic E-state index is -5.08. The van der Waals surface area contributed by atoms with Crippen LogP contribution >= 0.6 is 0 Å². The van der Waals surface area contributed by atoms with Crippen molar-refractivity contribution in [3.63, 3.8) is 0 Å². The molecule has 1 aromatic heterocycles. The number of alkyl halides is 6. The topological polar surface area (TPSA) is 166 Å². The van der Waals surface area contributed by atoms with Gasteiger partial charge in [-0.1, -0.05) is 18.2 Å². The minimum absolute atomic E-state index is 0.212. The van der Waals surface area contributed by atoms with Gasteiger partial charge in [-0.15, -0.1) is 0 Å². The fourth-order valence-electron chi connectivity index (χ4n) is 3.44. The van der Waals surface area contributed by atoms with Crippen LogP contribution in [0.25, 0.3) is 11.1 Å². The van der Waals surface area contributed by atoms with Crippen LogP contribution in [0.3, 0.4) is 0 Å². The van der Waals surface area contributed by atoms with Gasteiger partial charge in [0.2, 0.25) is 0 Å². The summed E-state index contributed by atoms with van der Waals surface area (Å²) >= 11 is 0. The number of morpholine rings is 1. The van der Waals surface area contributed by atoms with Gasteiger partial charge >= 0.3 is 30.3 Å². The monoisotopic (exact) mass is 667 g/mol. The Bertz CT molecular complexity index is 1390. The number of carbonyl (C=O) groups is 3. The number of hydrogen-bond acceptors (Lipinski definition) is 7. The van der Waals surface area contributed by atoms with Gasteiger partial charge in [0.05, 0.1) is 25.1 Å². The summed E-state index contributed by atoms with van der Waals surface area (Å²) in [6, 6.07) is 11.3. The van der Waals surface area contributed by atoms with Crippen LogP contribution in [0.4, 0.5) is 41.2 Å². The number of amides is 2. The molecule has 0 unspecified atom stereocenters. The number of aromatic amines is 1. The third-order valence-electron chi connectivity index (χ3n) is 5.66. The second-order valence-corrected chi connectivity index (χ2v) is 9.04. The molecule has 0 aliphatic carbocycles. The van der Waals surface area contributed by atoms with Gasteiger partial charge in [0.15, 0.2) is 0 Å². The molecule has 5 N–H and O–H groups in total. The van der Waals surface area contributed by atoms with E-state index in [0.717, 1.165) is 44.0 Å². The summed E-state index contributed by atoms with van der Waals surface area (Å²) in [5.41, 5.74) is 3.07. The first kappa shape index (κ1) is 37.3. The fourth-order valence-corrected chi connectivity index (χ4v) is 3.44. The smallest absolute Gasteiger partial charge is 0.490 e. The largest absolute Gasteiger partial charge is 0.490 e. The van der Waals surface area contributed by atoms with Crippen molar-refractivity contribution in [1.29, 1.82) is 0 Å². The highest BCUT2D eigenvalue weighted by Crippen LogP contribution is 2.31. The number of ether oxygens (including phenoxy) is 2. The van der Waals surface area contributed by atoms with E-state index in [-0.39, 0.29) is 12.4 Å². The predicted molar refractivity (Wildman–Crippen MR) is 146 cm³/mol. The highest BCUT2D eigenvalue weighted by atomic mass is 19.4. The Morgan fingerprint density at radius 2 is 1.59 bits per heavy atom. The van der Waals surface area contributed by atoms with E-state index in [1.165, 1.54) is 12.1 Å². The molecule has 2 amide bonds. The lowest BCUT2D eigenvalue weighted by Crippen LogP contribution is -2.38. The Morgan fingerprint density at radius 1 is 0.957 bits per heavy atom. The average molecular weight is 668 g/mol. The zero-order valence-electron chi connectivity index (χ0n) is 23.6. The maximum Gasteiger partial charge on any atom is 0.490 e. The van der Waals surface area contributed by atoms with E-state index in [4.69, 9.17) is 29.3 Å². The maximum atomic E-state index is 13.3. The van der Waals surface area contributed by atoms with E-state index in [0.29, 0.717) is 23.6 Å². The fraction of sp³-hybridized carbons (Fsp3) is 0.333. The van der Waals surface area contributed by atoms with E-state index in [1.807, 2.05) is 12.1 Å². The van der Waals surface area contributed by atoms with E-state index in [1.54, 1.807) is 30.6 Å². The molecule has 1 aliphatic heterocycles. The molecule has 252 valence electrons. The number of aromatic nitrogens is 2. The molecule has 0 saturated carbocycles. The molecule has 0 spiro atoms. The molecule has 2 heterocycles. The molecule has 0 atom stereocenters. The standard InChI is InChI=1S/C23H26FN5O3.2C2HF3O2/c24-20-3-1-2-17(12-20)14-25-23(30)28-21-5-4-18(19-15-26-27-16-19)13-22(21)32-11-8-29-6-9-31-10-7-29;2*3-2(4,5)1(6)7/h1-5,12-13,15-16H,6-11,14H2,(H,26,27)(H2,25,28,30);2*(H,6,7). The van der Waals surface area contributed by atoms with Gasteiger partial charge in [-0.25, -0.2) is 18.8 Å². The zero-order chi connectivity index (χ0) is 34.3. The molecule has 0 radical (unpaired) electrons. The summed E-state index contributed by atoms with van der Waals surface area (Å²) in [4.78, 5) is 32.5. The van der Waals surface area contributed by atoms with Crippen molar-refractivity contribution in [3.8, 4) is 16.9 Å². The molecule has 1 aliphatic rings. The normalized spacial score (nSPS) is 13.3. The highest BCUT2D eigenvalue weighted by molar-refractivity contribution is 5.91. The molecule has 0 bridgehead atoms. The molecule has 12 nitrogen and oxygen atoms in total. The summed E-state index contributed by atoms with van der Waals surface area (Å²) in [5.74, 6) is -5.28. The lowest BCUT2D eigenvalue weighted by atomic mass is 10.1. The Kier molecular flexibility index (Phi) is 14.2. The van der Waals surface area contributed by atoms with E-state index in [9.17, 15) is 35.5 Å². The third-order valence-corrected chi connectivity index (χ3v) is 5.66.